The Kier molecular flexibility index (Phi) is 3.07. The second-order valence-electron chi connectivity index (χ2n) is 3.66. The first-order valence-electron chi connectivity index (χ1n) is 5.29. The molecule has 2 heterocycles. The Labute approximate surface area is 97.0 Å². The van der Waals surface area contributed by atoms with Gasteiger partial charge in [-0.1, -0.05) is 6.92 Å². The van der Waals surface area contributed by atoms with Crippen molar-refractivity contribution in [1.29, 1.82) is 0 Å². The van der Waals surface area contributed by atoms with Crippen LogP contribution in [-0.2, 0) is 12.8 Å². The molecule has 5 heteroatoms. The molecule has 2 rings (SSSR count). The van der Waals surface area contributed by atoms with Gasteiger partial charge in [0.2, 0.25) is 0 Å². The van der Waals surface area contributed by atoms with E-state index in [-0.39, 0.29) is 12.2 Å². The molecule has 0 radical (unpaired) electrons. The molecule has 4 nitrogen and oxygen atoms in total. The van der Waals surface area contributed by atoms with Crippen LogP contribution in [0.25, 0.3) is 10.2 Å². The van der Waals surface area contributed by atoms with E-state index in [2.05, 4.69) is 9.97 Å². The fourth-order valence-corrected chi connectivity index (χ4v) is 3.00. The van der Waals surface area contributed by atoms with Gasteiger partial charge in [0, 0.05) is 11.3 Å². The fraction of sp³-hybridized carbons (Fsp3) is 0.455. The molecule has 0 atom stereocenters. The number of aliphatic hydroxyl groups excluding tert-OH is 1. The highest BCUT2D eigenvalue weighted by molar-refractivity contribution is 7.18. The van der Waals surface area contributed by atoms with Crippen molar-refractivity contribution in [3.63, 3.8) is 0 Å². The van der Waals surface area contributed by atoms with E-state index in [0.29, 0.717) is 17.6 Å². The molecule has 0 saturated heterocycles. The van der Waals surface area contributed by atoms with Crippen LogP contribution in [-0.4, -0.2) is 21.7 Å². The summed E-state index contributed by atoms with van der Waals surface area (Å²) in [6, 6.07) is 0. The molecule has 0 saturated carbocycles. The Morgan fingerprint density at radius 1 is 1.50 bits per heavy atom. The molecule has 0 fully saturated rings. The standard InChI is InChI=1S/C11H14N2O2S/c1-3-7-6(2)16-11-9(7)10(15)12-8(13-11)4-5-14/h14H,3-5H2,1-2H3,(H,12,13,15). The van der Waals surface area contributed by atoms with Crippen LogP contribution in [0.5, 0.6) is 0 Å². The Hall–Kier alpha value is -1.20. The Balaban J connectivity index is 2.71. The molecule has 16 heavy (non-hydrogen) atoms. The Morgan fingerprint density at radius 2 is 2.25 bits per heavy atom. The summed E-state index contributed by atoms with van der Waals surface area (Å²) in [5.74, 6) is 0.559. The summed E-state index contributed by atoms with van der Waals surface area (Å²) in [6.07, 6.45) is 1.24. The van der Waals surface area contributed by atoms with Crippen LogP contribution in [0.15, 0.2) is 4.79 Å². The maximum Gasteiger partial charge on any atom is 0.259 e. The average Bonchev–Trinajstić information content (AvgIpc) is 2.54. The number of H-pyrrole nitrogens is 1. The van der Waals surface area contributed by atoms with E-state index in [9.17, 15) is 4.79 Å². The van der Waals surface area contributed by atoms with E-state index in [1.54, 1.807) is 11.3 Å². The van der Waals surface area contributed by atoms with Gasteiger partial charge in [0.05, 0.1) is 12.0 Å². The van der Waals surface area contributed by atoms with Crippen molar-refractivity contribution < 1.29 is 5.11 Å². The molecule has 0 spiro atoms. The van der Waals surface area contributed by atoms with Gasteiger partial charge >= 0.3 is 0 Å². The second kappa shape index (κ2) is 4.35. The quantitative estimate of drug-likeness (QED) is 0.849. The summed E-state index contributed by atoms with van der Waals surface area (Å²) < 4.78 is 0. The zero-order valence-electron chi connectivity index (χ0n) is 9.33. The Morgan fingerprint density at radius 3 is 2.88 bits per heavy atom. The molecule has 0 aliphatic carbocycles. The maximum atomic E-state index is 11.9. The minimum atomic E-state index is -0.0883. The van der Waals surface area contributed by atoms with Gasteiger partial charge in [0.25, 0.3) is 5.56 Å². The molecule has 2 aromatic rings. The van der Waals surface area contributed by atoms with Crippen molar-refractivity contribution in [2.75, 3.05) is 6.61 Å². The van der Waals surface area contributed by atoms with Crippen molar-refractivity contribution in [2.45, 2.75) is 26.7 Å². The number of aromatic amines is 1. The lowest BCUT2D eigenvalue weighted by Crippen LogP contribution is -2.12. The van der Waals surface area contributed by atoms with Gasteiger partial charge in [-0.3, -0.25) is 4.79 Å². The normalized spacial score (nSPS) is 11.2. The summed E-state index contributed by atoms with van der Waals surface area (Å²) >= 11 is 1.54. The summed E-state index contributed by atoms with van der Waals surface area (Å²) in [4.78, 5) is 20.9. The molecule has 2 N–H and O–H groups in total. The van der Waals surface area contributed by atoms with Crippen molar-refractivity contribution in [3.05, 3.63) is 26.6 Å². The van der Waals surface area contributed by atoms with Crippen LogP contribution >= 0.6 is 11.3 Å². The van der Waals surface area contributed by atoms with Crippen LogP contribution in [0, 0.1) is 6.92 Å². The molecular weight excluding hydrogens is 224 g/mol. The SMILES string of the molecule is CCc1c(C)sc2nc(CCO)[nH]c(=O)c12. The molecule has 0 unspecified atom stereocenters. The van der Waals surface area contributed by atoms with Gasteiger partial charge in [0.1, 0.15) is 10.7 Å². The van der Waals surface area contributed by atoms with Crippen molar-refractivity contribution >= 4 is 21.6 Å². The number of nitrogens with one attached hydrogen (secondary N) is 1. The number of aromatic nitrogens is 2. The summed E-state index contributed by atoms with van der Waals surface area (Å²) in [7, 11) is 0. The number of fused-ring (bicyclic) bond motifs is 1. The van der Waals surface area contributed by atoms with E-state index < -0.39 is 0 Å². The molecule has 0 amide bonds. The lowest BCUT2D eigenvalue weighted by Gasteiger charge is -1.98. The third-order valence-corrected chi connectivity index (χ3v) is 3.66. The van der Waals surface area contributed by atoms with Crippen molar-refractivity contribution in [3.8, 4) is 0 Å². The van der Waals surface area contributed by atoms with E-state index in [4.69, 9.17) is 5.11 Å². The minimum absolute atomic E-state index is 0.000557. The lowest BCUT2D eigenvalue weighted by atomic mass is 10.1. The van der Waals surface area contributed by atoms with E-state index >= 15 is 0 Å². The minimum Gasteiger partial charge on any atom is -0.396 e. The topological polar surface area (TPSA) is 66.0 Å². The number of aryl methyl sites for hydroxylation is 2. The highest BCUT2D eigenvalue weighted by Crippen LogP contribution is 2.26. The molecule has 0 aromatic carbocycles. The van der Waals surface area contributed by atoms with Gasteiger partial charge < -0.3 is 10.1 Å². The number of aliphatic hydroxyl groups is 1. The molecule has 0 aliphatic heterocycles. The van der Waals surface area contributed by atoms with E-state index in [1.165, 1.54) is 0 Å². The summed E-state index contributed by atoms with van der Waals surface area (Å²) in [5, 5.41) is 9.54. The smallest absolute Gasteiger partial charge is 0.259 e. The van der Waals surface area contributed by atoms with Crippen LogP contribution in [0.4, 0.5) is 0 Å². The summed E-state index contributed by atoms with van der Waals surface area (Å²) in [6.45, 7) is 4.05. The number of nitrogens with zero attached hydrogens (tertiary/aromatic N) is 1. The molecule has 0 bridgehead atoms. The van der Waals surface area contributed by atoms with Gasteiger partial charge in [-0.2, -0.15) is 0 Å². The Bertz CT molecular complexity index is 571. The number of hydrogen-bond acceptors (Lipinski definition) is 4. The third-order valence-electron chi connectivity index (χ3n) is 2.61. The predicted molar refractivity (Wildman–Crippen MR) is 65.1 cm³/mol. The fourth-order valence-electron chi connectivity index (χ4n) is 1.87. The predicted octanol–water partition coefficient (Wildman–Crippen LogP) is 1.39. The third kappa shape index (κ3) is 1.76. The van der Waals surface area contributed by atoms with Crippen LogP contribution in [0.1, 0.15) is 23.2 Å². The van der Waals surface area contributed by atoms with Crippen LogP contribution < -0.4 is 5.56 Å². The average molecular weight is 238 g/mol. The zero-order valence-corrected chi connectivity index (χ0v) is 10.1. The molecule has 86 valence electrons. The first-order chi connectivity index (χ1) is 7.67. The monoisotopic (exact) mass is 238 g/mol. The van der Waals surface area contributed by atoms with E-state index in [0.717, 1.165) is 21.7 Å². The number of thiophene rings is 1. The highest BCUT2D eigenvalue weighted by atomic mass is 32.1. The molecule has 2 aromatic heterocycles. The number of hydrogen-bond donors (Lipinski definition) is 2. The number of rotatable bonds is 3. The molecular formula is C11H14N2O2S. The second-order valence-corrected chi connectivity index (χ2v) is 4.86. The summed E-state index contributed by atoms with van der Waals surface area (Å²) in [5.41, 5.74) is 0.999. The van der Waals surface area contributed by atoms with Crippen LogP contribution in [0.3, 0.4) is 0 Å². The maximum absolute atomic E-state index is 11.9. The first-order valence-corrected chi connectivity index (χ1v) is 6.11. The largest absolute Gasteiger partial charge is 0.396 e. The van der Waals surface area contributed by atoms with Gasteiger partial charge in [-0.25, -0.2) is 4.98 Å². The molecule has 0 aliphatic rings. The highest BCUT2D eigenvalue weighted by Gasteiger charge is 2.13. The van der Waals surface area contributed by atoms with Gasteiger partial charge in [-0.05, 0) is 18.9 Å². The van der Waals surface area contributed by atoms with Crippen molar-refractivity contribution in [1.82, 2.24) is 9.97 Å². The van der Waals surface area contributed by atoms with E-state index in [1.807, 2.05) is 13.8 Å². The zero-order chi connectivity index (χ0) is 11.7. The lowest BCUT2D eigenvalue weighted by molar-refractivity contribution is 0.296. The van der Waals surface area contributed by atoms with Gasteiger partial charge in [0.15, 0.2) is 0 Å². The van der Waals surface area contributed by atoms with Gasteiger partial charge in [-0.15, -0.1) is 11.3 Å². The first kappa shape index (κ1) is 11.3. The van der Waals surface area contributed by atoms with Crippen molar-refractivity contribution in [2.24, 2.45) is 0 Å². The van der Waals surface area contributed by atoms with Crippen LogP contribution in [0.2, 0.25) is 0 Å².